The highest BCUT2D eigenvalue weighted by atomic mass is 16.6. The molecule has 1 aliphatic heterocycles. The molecular formula is C20H20O5. The van der Waals surface area contributed by atoms with E-state index in [1.54, 1.807) is 37.3 Å². The Labute approximate surface area is 146 Å². The molecule has 0 aromatic heterocycles. The lowest BCUT2D eigenvalue weighted by Crippen LogP contribution is -2.24. The van der Waals surface area contributed by atoms with Gasteiger partial charge in [0.25, 0.3) is 0 Å². The topological polar surface area (TPSA) is 61.8 Å². The van der Waals surface area contributed by atoms with Gasteiger partial charge in [-0.05, 0) is 37.1 Å². The Hall–Kier alpha value is -2.82. The average Bonchev–Trinajstić information content (AvgIpc) is 2.67. The molecule has 0 unspecified atom stereocenters. The highest BCUT2D eigenvalue weighted by Gasteiger charge is 2.22. The number of Topliss-reactive ketones (excluding diaryl/α,β-unsaturated/α-hetero) is 1. The summed E-state index contributed by atoms with van der Waals surface area (Å²) >= 11 is 0. The number of benzene rings is 2. The summed E-state index contributed by atoms with van der Waals surface area (Å²) in [6, 6.07) is 12.2. The zero-order valence-electron chi connectivity index (χ0n) is 14.3. The molecule has 1 heterocycles. The van der Waals surface area contributed by atoms with E-state index >= 15 is 0 Å². The first-order chi connectivity index (χ1) is 12.1. The Morgan fingerprint density at radius 2 is 1.64 bits per heavy atom. The van der Waals surface area contributed by atoms with Gasteiger partial charge in [-0.25, -0.2) is 4.79 Å². The summed E-state index contributed by atoms with van der Waals surface area (Å²) in [5, 5.41) is 0. The Morgan fingerprint density at radius 1 is 1.00 bits per heavy atom. The van der Waals surface area contributed by atoms with Crippen LogP contribution in [-0.2, 0) is 11.2 Å². The van der Waals surface area contributed by atoms with Gasteiger partial charge in [0, 0.05) is 5.56 Å². The van der Waals surface area contributed by atoms with Crippen LogP contribution in [-0.4, -0.2) is 31.1 Å². The Bertz CT molecular complexity index is 779. The maximum atomic E-state index is 12.4. The normalized spacial score (nSPS) is 13.8. The van der Waals surface area contributed by atoms with Gasteiger partial charge < -0.3 is 14.2 Å². The number of carbonyl (C=O) groups is 2. The second-order valence-corrected chi connectivity index (χ2v) is 5.82. The molecule has 3 rings (SSSR count). The van der Waals surface area contributed by atoms with Crippen LogP contribution in [0.15, 0.2) is 42.5 Å². The first-order valence-electron chi connectivity index (χ1n) is 8.32. The molecular weight excluding hydrogens is 320 g/mol. The van der Waals surface area contributed by atoms with Crippen molar-refractivity contribution in [1.82, 2.24) is 0 Å². The van der Waals surface area contributed by atoms with Crippen molar-refractivity contribution in [2.75, 3.05) is 13.2 Å². The number of fused-ring (bicyclic) bond motifs is 1. The molecule has 2 aromatic carbocycles. The van der Waals surface area contributed by atoms with Crippen molar-refractivity contribution in [2.45, 2.75) is 26.4 Å². The Kier molecular flexibility index (Phi) is 5.03. The standard InChI is InChI=1S/C20H20O5/c1-3-14-4-6-15(7-5-14)19(21)13(2)25-20(22)16-8-9-17-18(12-16)24-11-10-23-17/h4-9,12-13H,3,10-11H2,1-2H3/t13-/m1/s1. The third-order valence-electron chi connectivity index (χ3n) is 4.08. The van der Waals surface area contributed by atoms with Crippen LogP contribution < -0.4 is 9.47 Å². The van der Waals surface area contributed by atoms with E-state index in [4.69, 9.17) is 14.2 Å². The van der Waals surface area contributed by atoms with Gasteiger partial charge in [0.1, 0.15) is 13.2 Å². The second kappa shape index (κ2) is 7.38. The molecule has 1 atom stereocenters. The Morgan fingerprint density at radius 3 is 2.32 bits per heavy atom. The predicted molar refractivity (Wildman–Crippen MR) is 92.5 cm³/mol. The third-order valence-corrected chi connectivity index (χ3v) is 4.08. The molecule has 0 spiro atoms. The van der Waals surface area contributed by atoms with Crippen LogP contribution in [0.5, 0.6) is 11.5 Å². The van der Waals surface area contributed by atoms with Gasteiger partial charge in [0.15, 0.2) is 17.6 Å². The van der Waals surface area contributed by atoms with Crippen LogP contribution in [0.1, 0.15) is 40.1 Å². The number of carbonyl (C=O) groups excluding carboxylic acids is 2. The third kappa shape index (κ3) is 3.82. The SMILES string of the molecule is CCc1ccc(C(=O)[C@@H](C)OC(=O)c2ccc3c(c2)OCCO3)cc1. The average molecular weight is 340 g/mol. The molecule has 25 heavy (non-hydrogen) atoms. The van der Waals surface area contributed by atoms with Crippen molar-refractivity contribution in [3.05, 3.63) is 59.2 Å². The van der Waals surface area contributed by atoms with E-state index in [-0.39, 0.29) is 5.78 Å². The van der Waals surface area contributed by atoms with E-state index < -0.39 is 12.1 Å². The molecule has 0 amide bonds. The molecule has 0 bridgehead atoms. The van der Waals surface area contributed by atoms with Crippen LogP contribution >= 0.6 is 0 Å². The number of esters is 1. The maximum absolute atomic E-state index is 12.4. The number of hydrogen-bond donors (Lipinski definition) is 0. The van der Waals surface area contributed by atoms with E-state index in [2.05, 4.69) is 6.92 Å². The van der Waals surface area contributed by atoms with Crippen molar-refractivity contribution in [3.63, 3.8) is 0 Å². The largest absolute Gasteiger partial charge is 0.486 e. The number of ether oxygens (including phenoxy) is 3. The molecule has 2 aromatic rings. The summed E-state index contributed by atoms with van der Waals surface area (Å²) in [5.41, 5.74) is 2.00. The lowest BCUT2D eigenvalue weighted by molar-refractivity contribution is 0.0318. The number of aryl methyl sites for hydroxylation is 1. The van der Waals surface area contributed by atoms with E-state index in [0.29, 0.717) is 35.8 Å². The molecule has 130 valence electrons. The zero-order valence-corrected chi connectivity index (χ0v) is 14.3. The van der Waals surface area contributed by atoms with Crippen molar-refractivity contribution < 1.29 is 23.8 Å². The van der Waals surface area contributed by atoms with Crippen molar-refractivity contribution in [3.8, 4) is 11.5 Å². The maximum Gasteiger partial charge on any atom is 0.338 e. The second-order valence-electron chi connectivity index (χ2n) is 5.82. The molecule has 0 aliphatic carbocycles. The summed E-state index contributed by atoms with van der Waals surface area (Å²) in [7, 11) is 0. The predicted octanol–water partition coefficient (Wildman–Crippen LogP) is 3.45. The smallest absolute Gasteiger partial charge is 0.338 e. The van der Waals surface area contributed by atoms with E-state index in [1.807, 2.05) is 12.1 Å². The van der Waals surface area contributed by atoms with Gasteiger partial charge in [-0.2, -0.15) is 0 Å². The zero-order chi connectivity index (χ0) is 17.8. The quantitative estimate of drug-likeness (QED) is 0.616. The highest BCUT2D eigenvalue weighted by Crippen LogP contribution is 2.31. The van der Waals surface area contributed by atoms with Crippen LogP contribution in [0.25, 0.3) is 0 Å². The molecule has 0 saturated carbocycles. The monoisotopic (exact) mass is 340 g/mol. The Balaban J connectivity index is 1.68. The van der Waals surface area contributed by atoms with Gasteiger partial charge in [0.2, 0.25) is 5.78 Å². The number of rotatable bonds is 5. The fourth-order valence-electron chi connectivity index (χ4n) is 2.59. The van der Waals surface area contributed by atoms with Crippen molar-refractivity contribution >= 4 is 11.8 Å². The molecule has 0 radical (unpaired) electrons. The molecule has 0 N–H and O–H groups in total. The van der Waals surface area contributed by atoms with Gasteiger partial charge in [-0.3, -0.25) is 4.79 Å². The summed E-state index contributed by atoms with van der Waals surface area (Å²) in [6.07, 6.45) is 0.0384. The minimum atomic E-state index is -0.867. The minimum Gasteiger partial charge on any atom is -0.486 e. The molecule has 0 saturated heterocycles. The summed E-state index contributed by atoms with van der Waals surface area (Å²) < 4.78 is 16.2. The lowest BCUT2D eigenvalue weighted by atomic mass is 10.0. The summed E-state index contributed by atoms with van der Waals surface area (Å²) in [4.78, 5) is 24.7. The van der Waals surface area contributed by atoms with Gasteiger partial charge in [0.05, 0.1) is 5.56 Å². The van der Waals surface area contributed by atoms with Gasteiger partial charge >= 0.3 is 5.97 Å². The van der Waals surface area contributed by atoms with Gasteiger partial charge in [-0.15, -0.1) is 0 Å². The van der Waals surface area contributed by atoms with Crippen LogP contribution in [0.4, 0.5) is 0 Å². The molecule has 1 aliphatic rings. The first kappa shape index (κ1) is 17.0. The number of ketones is 1. The first-order valence-corrected chi connectivity index (χ1v) is 8.32. The molecule has 5 heteroatoms. The number of hydrogen-bond acceptors (Lipinski definition) is 5. The van der Waals surface area contributed by atoms with Crippen molar-refractivity contribution in [2.24, 2.45) is 0 Å². The lowest BCUT2D eigenvalue weighted by Gasteiger charge is -2.19. The van der Waals surface area contributed by atoms with E-state index in [0.717, 1.165) is 12.0 Å². The fraction of sp³-hybridized carbons (Fsp3) is 0.300. The molecule has 5 nitrogen and oxygen atoms in total. The summed E-state index contributed by atoms with van der Waals surface area (Å²) in [5.74, 6) is 0.314. The minimum absolute atomic E-state index is 0.228. The van der Waals surface area contributed by atoms with E-state index in [1.165, 1.54) is 0 Å². The highest BCUT2D eigenvalue weighted by molar-refractivity contribution is 6.01. The van der Waals surface area contributed by atoms with Crippen LogP contribution in [0, 0.1) is 0 Å². The van der Waals surface area contributed by atoms with Crippen LogP contribution in [0.2, 0.25) is 0 Å². The van der Waals surface area contributed by atoms with Crippen LogP contribution in [0.3, 0.4) is 0 Å². The fourth-order valence-corrected chi connectivity index (χ4v) is 2.59. The van der Waals surface area contributed by atoms with E-state index in [9.17, 15) is 9.59 Å². The van der Waals surface area contributed by atoms with Crippen molar-refractivity contribution in [1.29, 1.82) is 0 Å². The summed E-state index contributed by atoms with van der Waals surface area (Å²) in [6.45, 7) is 4.55. The molecule has 0 fully saturated rings. The van der Waals surface area contributed by atoms with Gasteiger partial charge in [-0.1, -0.05) is 31.2 Å².